The molecule has 8 aromatic heterocycles. The second-order valence-electron chi connectivity index (χ2n) is 33.2. The molecule has 792 valence electrons. The number of para-hydroxylation sites is 8. The topological polar surface area (TPSA) is 807 Å². The van der Waals surface area contributed by atoms with Crippen LogP contribution in [0.2, 0.25) is 0 Å². The van der Waals surface area contributed by atoms with Gasteiger partial charge in [0.1, 0.15) is 0 Å². The van der Waals surface area contributed by atoms with Gasteiger partial charge < -0.3 is 165 Å². The number of likely N-dealkylation sites (N-methyl/N-ethyl adjacent to an activating group) is 2. The maximum atomic E-state index is 9.76. The number of nitrogens with zero attached hydrogens (tertiary/aromatic N) is 25. The van der Waals surface area contributed by atoms with E-state index in [0.717, 1.165) is 5.95 Å². The van der Waals surface area contributed by atoms with Crippen LogP contribution in [-0.2, 0) is 65.7 Å². The monoisotopic (exact) mass is 2050 g/mol. The van der Waals surface area contributed by atoms with Crippen molar-refractivity contribution in [3.05, 3.63) is 190 Å². The van der Waals surface area contributed by atoms with Gasteiger partial charge in [0.25, 0.3) is 0 Å². The minimum atomic E-state index is -0.133. The van der Waals surface area contributed by atoms with Crippen molar-refractivity contribution in [1.82, 2.24) is 121 Å². The van der Waals surface area contributed by atoms with Gasteiger partial charge in [-0.15, -0.1) is 51.0 Å². The van der Waals surface area contributed by atoms with Crippen LogP contribution in [0.4, 0.5) is 95.2 Å². The molecule has 0 amide bonds. The third kappa shape index (κ3) is 33.0. The highest BCUT2D eigenvalue weighted by molar-refractivity contribution is 5.54. The predicted molar refractivity (Wildman–Crippen MR) is 561 cm³/mol. The van der Waals surface area contributed by atoms with E-state index in [1.54, 1.807) is 140 Å². The van der Waals surface area contributed by atoms with Crippen LogP contribution in [0.1, 0.15) is 44.5 Å². The largest absolute Gasteiger partial charge is 0.504 e. The number of rotatable bonds is 35. The van der Waals surface area contributed by atoms with Crippen molar-refractivity contribution in [2.45, 2.75) is 51.6 Å². The Labute approximate surface area is 848 Å². The lowest BCUT2D eigenvalue weighted by Gasteiger charge is -2.16. The van der Waals surface area contributed by atoms with E-state index in [0.29, 0.717) is 213 Å². The van der Waals surface area contributed by atoms with Gasteiger partial charge in [0.05, 0.1) is 0 Å². The summed E-state index contributed by atoms with van der Waals surface area (Å²) in [6.07, 6.45) is 3.37. The SMILES string of the molecule is CN(C)c1n[nH]c(N(C)CCc2cccc(O)c2O)n1.CN(C)c1n[nH]c(N(C)Cc2cccc(O)c2O)n1.CN(C)c1n[nH]c(NCCc2cccc(O)c2O)n1.CN(C)c1nnc(NCc2cccc(O)c2O)n1C.CN(CCc1cccc(O)c1O)c1n[nH]c(N)n1.CNc1n[nH]c(NCCc2cccc(O)c2O)n1.Cn1c(N)nnc1NCCc1cccc(O)c1O.Nc1nc(NCCc2cccc(O)c2O)n[nH]1. The van der Waals surface area contributed by atoms with Gasteiger partial charge in [-0.05, 0) is 120 Å². The third-order valence-corrected chi connectivity index (χ3v) is 21.3. The number of H-pyrrole nitrogens is 6. The molecule has 0 spiro atoms. The smallest absolute Gasteiger partial charge is 0.246 e. The molecule has 0 atom stereocenters. The normalized spacial score (nSPS) is 10.4. The zero-order valence-electron chi connectivity index (χ0n) is 83.8. The second kappa shape index (κ2) is 54.5. The average molecular weight is 2050 g/mol. The highest BCUT2D eigenvalue weighted by Gasteiger charge is 2.20. The Hall–Kier alpha value is -19.5. The minimum Gasteiger partial charge on any atom is -0.504 e. The van der Waals surface area contributed by atoms with Crippen LogP contribution in [0.5, 0.6) is 92.0 Å². The molecule has 0 saturated heterocycles. The fourth-order valence-electron chi connectivity index (χ4n) is 13.0. The molecule has 0 aliphatic rings. The summed E-state index contributed by atoms with van der Waals surface area (Å²) < 4.78 is 3.43. The molecular formula is C92H128N40O16. The number of nitrogens with one attached hydrogen (secondary N) is 12. The molecule has 0 saturated carbocycles. The Bertz CT molecular complexity index is 6800. The van der Waals surface area contributed by atoms with E-state index >= 15 is 0 Å². The van der Waals surface area contributed by atoms with Crippen LogP contribution in [0.15, 0.2) is 146 Å². The number of benzene rings is 8. The van der Waals surface area contributed by atoms with Crippen molar-refractivity contribution in [2.24, 2.45) is 14.1 Å². The lowest BCUT2D eigenvalue weighted by atomic mass is 10.1. The van der Waals surface area contributed by atoms with Crippen molar-refractivity contribution >= 4 is 95.2 Å². The number of aromatic nitrogens is 24. The molecule has 0 radical (unpaired) electrons. The zero-order valence-corrected chi connectivity index (χ0v) is 83.8. The quantitative estimate of drug-likeness (QED) is 0.0202. The summed E-state index contributed by atoms with van der Waals surface area (Å²) >= 11 is 0. The number of nitrogen functional groups attached to an aromatic ring is 3. The Balaban J connectivity index is 0.000000188. The van der Waals surface area contributed by atoms with Crippen LogP contribution in [0.25, 0.3) is 0 Å². The lowest BCUT2D eigenvalue weighted by molar-refractivity contribution is 0.399. The molecule has 8 heterocycles. The van der Waals surface area contributed by atoms with Gasteiger partial charge in [-0.2, -0.15) is 29.9 Å². The maximum Gasteiger partial charge on any atom is 0.246 e. The Morgan fingerprint density at radius 3 is 0.993 bits per heavy atom. The van der Waals surface area contributed by atoms with Gasteiger partial charge in [-0.25, -0.2) is 30.6 Å². The fourth-order valence-corrected chi connectivity index (χ4v) is 13.0. The average Bonchev–Trinajstić information content (AvgIpc) is 1.58. The first-order chi connectivity index (χ1) is 70.6. The van der Waals surface area contributed by atoms with E-state index in [4.69, 9.17) is 17.2 Å². The van der Waals surface area contributed by atoms with Gasteiger partial charge in [0, 0.05) is 162 Å². The molecule has 0 unspecified atom stereocenters. The summed E-state index contributed by atoms with van der Waals surface area (Å²) in [6, 6.07) is 39.1. The first-order valence-electron chi connectivity index (χ1n) is 45.4. The summed E-state index contributed by atoms with van der Waals surface area (Å²) in [4.78, 5) is 37.6. The zero-order chi connectivity index (χ0) is 108. The number of aromatic amines is 6. The lowest BCUT2D eigenvalue weighted by Crippen LogP contribution is -2.21. The number of phenolic OH excluding ortho intramolecular Hbond substituents is 16. The van der Waals surface area contributed by atoms with Crippen LogP contribution in [0, 0.1) is 0 Å². The molecule has 148 heavy (non-hydrogen) atoms. The van der Waals surface area contributed by atoms with Gasteiger partial charge in [0.2, 0.25) is 95.2 Å². The van der Waals surface area contributed by atoms with Crippen LogP contribution in [0.3, 0.4) is 0 Å². The molecule has 0 aliphatic heterocycles. The Morgan fingerprint density at radius 1 is 0.291 bits per heavy atom. The van der Waals surface area contributed by atoms with Gasteiger partial charge in [-0.1, -0.05) is 97.1 Å². The van der Waals surface area contributed by atoms with Gasteiger partial charge in [-0.3, -0.25) is 9.13 Å². The van der Waals surface area contributed by atoms with Crippen LogP contribution >= 0.6 is 0 Å². The summed E-state index contributed by atoms with van der Waals surface area (Å²) in [6.45, 7) is 4.18. The Kier molecular flexibility index (Phi) is 41.3. The molecule has 16 aromatic rings. The second-order valence-corrected chi connectivity index (χ2v) is 33.2. The highest BCUT2D eigenvalue weighted by atomic mass is 16.3. The van der Waals surface area contributed by atoms with Crippen molar-refractivity contribution in [3.63, 3.8) is 0 Å². The first kappa shape index (κ1) is 112. The third-order valence-electron chi connectivity index (χ3n) is 21.3. The Morgan fingerprint density at radius 2 is 0.622 bits per heavy atom. The van der Waals surface area contributed by atoms with E-state index in [-0.39, 0.29) is 104 Å². The van der Waals surface area contributed by atoms with Gasteiger partial charge >= 0.3 is 0 Å². The number of aromatic hydroxyl groups is 16. The van der Waals surface area contributed by atoms with E-state index in [9.17, 15) is 81.7 Å². The van der Waals surface area contributed by atoms with Crippen molar-refractivity contribution in [2.75, 3.05) is 207 Å². The molecule has 56 nitrogen and oxygen atoms in total. The molecule has 8 aromatic carbocycles. The number of hydrogen-bond acceptors (Lipinski definition) is 48. The van der Waals surface area contributed by atoms with E-state index < -0.39 is 0 Å². The van der Waals surface area contributed by atoms with Crippen molar-refractivity contribution in [3.8, 4) is 92.0 Å². The van der Waals surface area contributed by atoms with E-state index in [1.165, 1.54) is 48.5 Å². The number of anilines is 16. The van der Waals surface area contributed by atoms with Crippen LogP contribution < -0.4 is 83.4 Å². The minimum absolute atomic E-state index is 0.0625. The summed E-state index contributed by atoms with van der Waals surface area (Å²) in [7, 11) is 25.8. The van der Waals surface area contributed by atoms with E-state index in [1.807, 2.05) is 99.3 Å². The van der Waals surface area contributed by atoms with Crippen molar-refractivity contribution < 1.29 is 81.7 Å². The van der Waals surface area contributed by atoms with Crippen molar-refractivity contribution in [1.29, 1.82) is 0 Å². The molecule has 0 fully saturated rings. The summed E-state index contributed by atoms with van der Waals surface area (Å²) in [5, 5.41) is 226. The van der Waals surface area contributed by atoms with Crippen LogP contribution in [-0.4, -0.2) is 326 Å². The summed E-state index contributed by atoms with van der Waals surface area (Å²) in [5.41, 5.74) is 21.6. The predicted octanol–water partition coefficient (Wildman–Crippen LogP) is 6.03. The number of hydrogen-bond donors (Lipinski definition) is 31. The number of nitrogens with two attached hydrogens (primary N) is 3. The number of phenols is 16. The molecule has 16 rings (SSSR count). The molecular weight excluding hydrogens is 1920 g/mol. The molecule has 34 N–H and O–H groups in total. The van der Waals surface area contributed by atoms with Gasteiger partial charge in [0.15, 0.2) is 92.0 Å². The molecule has 0 aliphatic carbocycles. The maximum absolute atomic E-state index is 9.76. The molecule has 0 bridgehead atoms. The standard InChI is InChI=1S/C13H19N5O2.3C12H17N5O2.3C11H15N5O2.C10H13N5O2/c1-17(2)12-14-13(16-15-12)18(3)8-7-9-5-4-6-10(19)11(9)20;1-16(2)11-13-12(15-14-11)17(3)7-8-5-4-6-9(18)10(8)19;1-16(2)12-15-14-11(17(12)3)13-7-8-5-4-6-9(18)10(8)19;1-17(2)12-14-11(15-16-12)13-7-6-8-4-3-5-9(18)10(8)19;1-16(11-13-10(12)14-15-11)6-5-7-3-2-4-8(17)9(7)18;1-16-10(12)14-15-11(16)13-6-5-7-3-2-4-8(17)9(7)18;1-12-10-14-11(16-15-10)13-6-5-7-3-2-4-8(17)9(7)18;11-9-13-10(15-14-9)12-5-4-6-2-1-3-7(16)8(6)17/h4-6,19-20H,7-8H2,1-3H3,(H,14,15,16);4-6,18-19H,7H2,1-3H3,(H,13,14,15);4-6,18-19H,7H2,1-3H3,(H,13,14);3-5,18-19H,6-7H2,1-2H3,(H2,13,14,15,16);2-4,17-18H,5-6H2,1H3,(H3,12,13,14,15);2-4,17-18H,5-6H2,1H3,(H2,12,14)(H,13,15);2-4,17-18H,5-6H2,1H3,(H3,12,13,14,15,16);1-3,16-17H,4-5H2,(H4,11,12,13,14,15). The first-order valence-corrected chi connectivity index (χ1v) is 45.4. The molecule has 56 heteroatoms. The summed E-state index contributed by atoms with van der Waals surface area (Å²) in [5.74, 6) is 6.68. The highest BCUT2D eigenvalue weighted by Crippen LogP contribution is 2.36. The fraction of sp³-hybridized carbons (Fsp3) is 0.304. The van der Waals surface area contributed by atoms with E-state index in [2.05, 4.69) is 143 Å².